The molecule has 40 heavy (non-hydrogen) atoms. The minimum Gasteiger partial charge on any atom is -0.469 e. The van der Waals surface area contributed by atoms with Crippen LogP contribution >= 0.6 is 24.2 Å². The lowest BCUT2D eigenvalue weighted by Gasteiger charge is -2.35. The molecule has 8 nitrogen and oxygen atoms in total. The Morgan fingerprint density at radius 3 is 2.25 bits per heavy atom. The molecule has 2 aromatic carbocycles. The van der Waals surface area contributed by atoms with Crippen molar-refractivity contribution in [3.05, 3.63) is 64.7 Å². The van der Waals surface area contributed by atoms with E-state index in [1.54, 1.807) is 29.2 Å². The number of methoxy groups -OCH3 is 1. The van der Waals surface area contributed by atoms with Gasteiger partial charge in [-0.25, -0.2) is 0 Å². The number of piperazine rings is 1. The number of esters is 1. The van der Waals surface area contributed by atoms with E-state index < -0.39 is 5.25 Å². The average Bonchev–Trinajstić information content (AvgIpc) is 2.97. The molecule has 0 aromatic heterocycles. The van der Waals surface area contributed by atoms with Crippen molar-refractivity contribution in [1.82, 2.24) is 9.80 Å². The Morgan fingerprint density at radius 1 is 1.00 bits per heavy atom. The summed E-state index contributed by atoms with van der Waals surface area (Å²) in [4.78, 5) is 43.8. The summed E-state index contributed by atoms with van der Waals surface area (Å²) in [7, 11) is 1.32. The van der Waals surface area contributed by atoms with Crippen molar-refractivity contribution in [1.29, 1.82) is 0 Å². The molecule has 0 saturated carbocycles. The SMILES string of the molecule is COC(=O)CCC(S)C(=O)N(CCOC(C)C)c1ccc(C(=O)N2CCN(CCc3ccc(Cl)cc3)CC2)cc1. The fourth-order valence-electron chi connectivity index (χ4n) is 4.49. The Kier molecular flexibility index (Phi) is 12.8. The quantitative estimate of drug-likeness (QED) is 0.276. The highest BCUT2D eigenvalue weighted by Crippen LogP contribution is 2.21. The normalized spacial score (nSPS) is 14.7. The van der Waals surface area contributed by atoms with Gasteiger partial charge in [-0.3, -0.25) is 19.3 Å². The molecule has 1 atom stereocenters. The first-order valence-corrected chi connectivity index (χ1v) is 14.6. The van der Waals surface area contributed by atoms with Crippen molar-refractivity contribution in [3.63, 3.8) is 0 Å². The second-order valence-electron chi connectivity index (χ2n) is 10.1. The van der Waals surface area contributed by atoms with Gasteiger partial charge in [0.1, 0.15) is 0 Å². The van der Waals surface area contributed by atoms with Crippen molar-refractivity contribution in [2.45, 2.75) is 44.5 Å². The smallest absolute Gasteiger partial charge is 0.305 e. The third-order valence-corrected chi connectivity index (χ3v) is 7.61. The Labute approximate surface area is 248 Å². The van der Waals surface area contributed by atoms with E-state index in [2.05, 4.69) is 34.4 Å². The molecule has 0 bridgehead atoms. The van der Waals surface area contributed by atoms with Gasteiger partial charge in [0, 0.05) is 62.0 Å². The van der Waals surface area contributed by atoms with Gasteiger partial charge in [0.25, 0.3) is 5.91 Å². The number of halogens is 1. The Hall–Kier alpha value is -2.59. The molecular weight excluding hydrogens is 550 g/mol. The number of anilines is 1. The first-order chi connectivity index (χ1) is 19.2. The summed E-state index contributed by atoms with van der Waals surface area (Å²) >= 11 is 10.4. The van der Waals surface area contributed by atoms with Crippen LogP contribution in [-0.4, -0.2) is 91.9 Å². The van der Waals surface area contributed by atoms with Crippen LogP contribution in [0.5, 0.6) is 0 Å². The van der Waals surface area contributed by atoms with Gasteiger partial charge in [-0.2, -0.15) is 12.6 Å². The summed E-state index contributed by atoms with van der Waals surface area (Å²) in [5, 5.41) is 0.0698. The zero-order chi connectivity index (χ0) is 29.1. The number of hydrogen-bond acceptors (Lipinski definition) is 7. The van der Waals surface area contributed by atoms with Crippen LogP contribution in [0.1, 0.15) is 42.6 Å². The highest BCUT2D eigenvalue weighted by molar-refractivity contribution is 7.81. The van der Waals surface area contributed by atoms with E-state index >= 15 is 0 Å². The number of rotatable bonds is 13. The number of amides is 2. The maximum Gasteiger partial charge on any atom is 0.305 e. The molecule has 1 aliphatic heterocycles. The standard InChI is InChI=1S/C30H40ClN3O5S/c1-22(2)39-21-20-34(30(37)27(40)12-13-28(35)38-3)26-10-6-24(7-11-26)29(36)33-18-16-32(17-19-33)15-14-23-4-8-25(31)9-5-23/h4-11,22,27,40H,12-21H2,1-3H3. The number of nitrogens with zero attached hydrogens (tertiary/aromatic N) is 3. The van der Waals surface area contributed by atoms with Gasteiger partial charge in [0.05, 0.1) is 25.1 Å². The number of carbonyl (C=O) groups excluding carboxylic acids is 3. The average molecular weight is 590 g/mol. The van der Waals surface area contributed by atoms with Crippen LogP contribution in [-0.2, 0) is 25.5 Å². The predicted octanol–water partition coefficient (Wildman–Crippen LogP) is 4.35. The van der Waals surface area contributed by atoms with E-state index in [1.807, 2.05) is 30.9 Å². The van der Waals surface area contributed by atoms with Crippen LogP contribution in [0, 0.1) is 0 Å². The molecular formula is C30H40ClN3O5S. The molecule has 0 N–H and O–H groups in total. The topological polar surface area (TPSA) is 79.4 Å². The summed E-state index contributed by atoms with van der Waals surface area (Å²) in [6, 6.07) is 15.0. The van der Waals surface area contributed by atoms with E-state index in [4.69, 9.17) is 16.3 Å². The molecule has 2 aromatic rings. The zero-order valence-electron chi connectivity index (χ0n) is 23.6. The Balaban J connectivity index is 1.57. The molecule has 1 aliphatic rings. The second kappa shape index (κ2) is 16.0. The number of benzene rings is 2. The van der Waals surface area contributed by atoms with Gasteiger partial charge < -0.3 is 19.3 Å². The van der Waals surface area contributed by atoms with Crippen LogP contribution in [0.25, 0.3) is 0 Å². The minimum absolute atomic E-state index is 0.0185. The van der Waals surface area contributed by atoms with Crippen LogP contribution < -0.4 is 4.90 Å². The molecule has 1 fully saturated rings. The van der Waals surface area contributed by atoms with E-state index in [1.165, 1.54) is 12.7 Å². The maximum atomic E-state index is 13.2. The second-order valence-corrected chi connectivity index (χ2v) is 11.2. The van der Waals surface area contributed by atoms with Crippen LogP contribution in [0.3, 0.4) is 0 Å². The van der Waals surface area contributed by atoms with Gasteiger partial charge >= 0.3 is 5.97 Å². The van der Waals surface area contributed by atoms with Gasteiger partial charge in [-0.05, 0) is 68.7 Å². The fraction of sp³-hybridized carbons (Fsp3) is 0.500. The van der Waals surface area contributed by atoms with Crippen molar-refractivity contribution in [3.8, 4) is 0 Å². The summed E-state index contributed by atoms with van der Waals surface area (Å²) in [6.07, 6.45) is 1.34. The summed E-state index contributed by atoms with van der Waals surface area (Å²) in [5.41, 5.74) is 2.48. The lowest BCUT2D eigenvalue weighted by molar-refractivity contribution is -0.140. The van der Waals surface area contributed by atoms with Crippen LogP contribution in [0.15, 0.2) is 48.5 Å². The highest BCUT2D eigenvalue weighted by Gasteiger charge is 2.25. The van der Waals surface area contributed by atoms with Gasteiger partial charge in [-0.15, -0.1) is 0 Å². The molecule has 1 heterocycles. The van der Waals surface area contributed by atoms with E-state index in [0.717, 1.165) is 31.1 Å². The van der Waals surface area contributed by atoms with Crippen molar-refractivity contribution >= 4 is 47.7 Å². The Morgan fingerprint density at radius 2 is 1.65 bits per heavy atom. The molecule has 10 heteroatoms. The van der Waals surface area contributed by atoms with E-state index in [-0.39, 0.29) is 36.7 Å². The number of carbonyl (C=O) groups is 3. The maximum absolute atomic E-state index is 13.2. The van der Waals surface area contributed by atoms with Gasteiger partial charge in [-0.1, -0.05) is 23.7 Å². The highest BCUT2D eigenvalue weighted by atomic mass is 35.5. The summed E-state index contributed by atoms with van der Waals surface area (Å²) in [5.74, 6) is -0.629. The zero-order valence-corrected chi connectivity index (χ0v) is 25.2. The summed E-state index contributed by atoms with van der Waals surface area (Å²) in [6.45, 7) is 8.47. The first-order valence-electron chi connectivity index (χ1n) is 13.7. The third-order valence-electron chi connectivity index (χ3n) is 6.88. The largest absolute Gasteiger partial charge is 0.469 e. The van der Waals surface area contributed by atoms with E-state index in [0.29, 0.717) is 37.5 Å². The molecule has 3 rings (SSSR count). The lowest BCUT2D eigenvalue weighted by atomic mass is 10.1. The van der Waals surface area contributed by atoms with Gasteiger partial charge in [0.15, 0.2) is 0 Å². The van der Waals surface area contributed by atoms with Crippen LogP contribution in [0.2, 0.25) is 5.02 Å². The fourth-order valence-corrected chi connectivity index (χ4v) is 4.88. The Bertz CT molecular complexity index is 1110. The number of thiol groups is 1. The molecule has 1 saturated heterocycles. The van der Waals surface area contributed by atoms with Crippen LogP contribution in [0.4, 0.5) is 5.69 Å². The van der Waals surface area contributed by atoms with Crippen molar-refractivity contribution < 1.29 is 23.9 Å². The van der Waals surface area contributed by atoms with E-state index in [9.17, 15) is 14.4 Å². The molecule has 0 aliphatic carbocycles. The van der Waals surface area contributed by atoms with Crippen molar-refractivity contribution in [2.75, 3.05) is 57.9 Å². The minimum atomic E-state index is -0.671. The third kappa shape index (κ3) is 9.80. The molecule has 0 spiro atoms. The number of ether oxygens (including phenoxy) is 2. The summed E-state index contributed by atoms with van der Waals surface area (Å²) < 4.78 is 10.4. The molecule has 218 valence electrons. The lowest BCUT2D eigenvalue weighted by Crippen LogP contribution is -2.49. The molecule has 2 amide bonds. The van der Waals surface area contributed by atoms with Gasteiger partial charge in [0.2, 0.25) is 5.91 Å². The first kappa shape index (κ1) is 31.9. The number of hydrogen-bond donors (Lipinski definition) is 1. The molecule has 1 unspecified atom stereocenters. The molecule has 0 radical (unpaired) electrons. The van der Waals surface area contributed by atoms with Crippen molar-refractivity contribution in [2.24, 2.45) is 0 Å². The predicted molar refractivity (Wildman–Crippen MR) is 161 cm³/mol. The monoisotopic (exact) mass is 589 g/mol.